The van der Waals surface area contributed by atoms with E-state index in [1.165, 1.54) is 6.20 Å². The van der Waals surface area contributed by atoms with Gasteiger partial charge in [0.1, 0.15) is 30.8 Å². The van der Waals surface area contributed by atoms with Crippen molar-refractivity contribution in [2.75, 3.05) is 19.6 Å². The molecule has 0 radical (unpaired) electrons. The van der Waals surface area contributed by atoms with Crippen LogP contribution in [0.5, 0.6) is 11.5 Å². The largest absolute Gasteiger partial charge is 0.488 e. The zero-order chi connectivity index (χ0) is 31.9. The van der Waals surface area contributed by atoms with Gasteiger partial charge >= 0.3 is 0 Å². The number of aliphatic hydroxyl groups is 1. The predicted molar refractivity (Wildman–Crippen MR) is 175 cm³/mol. The molecule has 3 heterocycles. The van der Waals surface area contributed by atoms with Gasteiger partial charge in [0.05, 0.1) is 22.4 Å². The minimum atomic E-state index is -0.170. The number of halogens is 1. The van der Waals surface area contributed by atoms with Crippen molar-refractivity contribution in [1.29, 1.82) is 5.26 Å². The summed E-state index contributed by atoms with van der Waals surface area (Å²) in [6, 6.07) is 13.6. The quantitative estimate of drug-likeness (QED) is 0.177. The van der Waals surface area contributed by atoms with E-state index in [0.717, 1.165) is 90.2 Å². The first-order valence-electron chi connectivity index (χ1n) is 15.4. The number of aryl methyl sites for hydroxylation is 2. The Kier molecular flexibility index (Phi) is 10.7. The summed E-state index contributed by atoms with van der Waals surface area (Å²) in [4.78, 5) is 6.44. The minimum absolute atomic E-state index is 0.170. The standard InChI is InChI=1S/C35H41ClN6O3/c1-23-28(22-45-34-15-33(29(17-38)14-32(34)36)44-21-27-13-26(16-37)18-39-19-27)7-6-8-31(23)35-24(2)40-42(25(35)3)11-5-4-10-41-12-9-30(43)20-41/h6-8,13-15,18-19,30,43H,4-5,9-12,17,20-22,38H2,1-3H3/t30-/m0/s1. The summed E-state index contributed by atoms with van der Waals surface area (Å²) in [7, 11) is 0. The Labute approximate surface area is 270 Å². The van der Waals surface area contributed by atoms with Crippen molar-refractivity contribution in [3.05, 3.63) is 93.0 Å². The van der Waals surface area contributed by atoms with Gasteiger partial charge < -0.3 is 25.2 Å². The molecule has 2 aromatic heterocycles. The molecule has 1 aliphatic rings. The molecule has 45 heavy (non-hydrogen) atoms. The van der Waals surface area contributed by atoms with Crippen LogP contribution in [0.2, 0.25) is 5.02 Å². The number of hydrogen-bond acceptors (Lipinski definition) is 8. The maximum atomic E-state index is 9.77. The maximum absolute atomic E-state index is 9.77. The molecule has 4 aromatic rings. The van der Waals surface area contributed by atoms with Crippen LogP contribution in [0.3, 0.4) is 0 Å². The molecule has 10 heteroatoms. The summed E-state index contributed by atoms with van der Waals surface area (Å²) in [5.41, 5.74) is 14.6. The summed E-state index contributed by atoms with van der Waals surface area (Å²) in [5, 5.41) is 24.3. The molecule has 2 aromatic carbocycles. The number of ether oxygens (including phenoxy) is 2. The van der Waals surface area contributed by atoms with Crippen LogP contribution >= 0.6 is 11.6 Å². The van der Waals surface area contributed by atoms with Crippen molar-refractivity contribution in [3.8, 4) is 28.7 Å². The third-order valence-electron chi connectivity index (χ3n) is 8.47. The molecular formula is C35H41ClN6O3. The number of nitrogens with zero attached hydrogens (tertiary/aromatic N) is 5. The summed E-state index contributed by atoms with van der Waals surface area (Å²) in [6.45, 7) is 10.8. The van der Waals surface area contributed by atoms with Crippen molar-refractivity contribution in [3.63, 3.8) is 0 Å². The predicted octanol–water partition coefficient (Wildman–Crippen LogP) is 5.86. The van der Waals surface area contributed by atoms with Gasteiger partial charge in [0.2, 0.25) is 0 Å². The number of nitrogens with two attached hydrogens (primary N) is 1. The lowest BCUT2D eigenvalue weighted by Crippen LogP contribution is -2.23. The zero-order valence-corrected chi connectivity index (χ0v) is 27.0. The molecule has 1 fully saturated rings. The number of aliphatic hydroxyl groups excluding tert-OH is 1. The molecule has 0 unspecified atom stereocenters. The molecule has 236 valence electrons. The molecular weight excluding hydrogens is 588 g/mol. The maximum Gasteiger partial charge on any atom is 0.142 e. The van der Waals surface area contributed by atoms with E-state index in [2.05, 4.69) is 59.6 Å². The van der Waals surface area contributed by atoms with E-state index < -0.39 is 0 Å². The minimum Gasteiger partial charge on any atom is -0.488 e. The summed E-state index contributed by atoms with van der Waals surface area (Å²) in [6.07, 6.45) is 6.02. The molecule has 0 saturated carbocycles. The van der Waals surface area contributed by atoms with Gasteiger partial charge in [-0.2, -0.15) is 10.4 Å². The van der Waals surface area contributed by atoms with E-state index in [-0.39, 0.29) is 19.3 Å². The highest BCUT2D eigenvalue weighted by Gasteiger charge is 2.20. The topological polar surface area (TPSA) is 122 Å². The van der Waals surface area contributed by atoms with Gasteiger partial charge in [-0.15, -0.1) is 0 Å². The number of aromatic nitrogens is 3. The normalized spacial score (nSPS) is 14.9. The third kappa shape index (κ3) is 7.84. The van der Waals surface area contributed by atoms with Crippen LogP contribution in [0.1, 0.15) is 58.5 Å². The van der Waals surface area contributed by atoms with E-state index in [1.54, 1.807) is 24.4 Å². The number of rotatable bonds is 13. The Morgan fingerprint density at radius 1 is 1.04 bits per heavy atom. The van der Waals surface area contributed by atoms with E-state index in [9.17, 15) is 5.11 Å². The molecule has 0 bridgehead atoms. The molecule has 0 spiro atoms. The van der Waals surface area contributed by atoms with Crippen LogP contribution in [-0.2, 0) is 26.3 Å². The fourth-order valence-electron chi connectivity index (χ4n) is 5.95. The molecule has 3 N–H and O–H groups in total. The van der Waals surface area contributed by atoms with E-state index in [4.69, 9.17) is 37.2 Å². The summed E-state index contributed by atoms with van der Waals surface area (Å²) < 4.78 is 14.4. The Balaban J connectivity index is 1.26. The number of benzene rings is 2. The summed E-state index contributed by atoms with van der Waals surface area (Å²) in [5.74, 6) is 1.07. The monoisotopic (exact) mass is 628 g/mol. The van der Waals surface area contributed by atoms with Gasteiger partial charge in [-0.05, 0) is 75.4 Å². The highest BCUT2D eigenvalue weighted by Crippen LogP contribution is 2.35. The van der Waals surface area contributed by atoms with Crippen molar-refractivity contribution in [2.45, 2.75) is 72.4 Å². The molecule has 1 saturated heterocycles. The van der Waals surface area contributed by atoms with Gasteiger partial charge in [0, 0.05) is 67.0 Å². The molecule has 5 rings (SSSR count). The van der Waals surface area contributed by atoms with E-state index >= 15 is 0 Å². The van der Waals surface area contributed by atoms with Gasteiger partial charge in [0.25, 0.3) is 0 Å². The lowest BCUT2D eigenvalue weighted by Gasteiger charge is -2.17. The Morgan fingerprint density at radius 2 is 1.84 bits per heavy atom. The van der Waals surface area contributed by atoms with Crippen molar-refractivity contribution < 1.29 is 14.6 Å². The molecule has 1 aliphatic heterocycles. The second kappa shape index (κ2) is 14.9. The second-order valence-electron chi connectivity index (χ2n) is 11.7. The molecule has 0 amide bonds. The van der Waals surface area contributed by atoms with Crippen molar-refractivity contribution in [1.82, 2.24) is 19.7 Å². The van der Waals surface area contributed by atoms with E-state index in [1.807, 2.05) is 0 Å². The SMILES string of the molecule is Cc1nn(CCCCN2CC[C@H](O)C2)c(C)c1-c1cccc(COc2cc(OCc3cncc(C#N)c3)c(CN)cc2Cl)c1C. The van der Waals surface area contributed by atoms with Crippen LogP contribution in [-0.4, -0.2) is 50.5 Å². The first kappa shape index (κ1) is 32.5. The Hall–Kier alpha value is -3.94. The van der Waals surface area contributed by atoms with Gasteiger partial charge in [-0.1, -0.05) is 29.8 Å². The number of β-amino-alcohol motifs (C(OH)–C–C–N with tert-alkyl or cyclic N) is 1. The number of unbranched alkanes of at least 4 members (excludes halogenated alkanes) is 1. The van der Waals surface area contributed by atoms with Crippen LogP contribution in [0.15, 0.2) is 48.8 Å². The smallest absolute Gasteiger partial charge is 0.142 e. The van der Waals surface area contributed by atoms with Crippen LogP contribution in [0.25, 0.3) is 11.1 Å². The molecule has 1 atom stereocenters. The average Bonchev–Trinajstić information content (AvgIpc) is 3.59. The Bertz CT molecular complexity index is 1680. The fraction of sp³-hybridized carbons (Fsp3) is 0.400. The fourth-order valence-corrected chi connectivity index (χ4v) is 6.19. The third-order valence-corrected chi connectivity index (χ3v) is 8.77. The van der Waals surface area contributed by atoms with Crippen molar-refractivity contribution in [2.24, 2.45) is 5.73 Å². The number of nitriles is 1. The van der Waals surface area contributed by atoms with Crippen LogP contribution in [0.4, 0.5) is 0 Å². The van der Waals surface area contributed by atoms with Gasteiger partial charge in [-0.3, -0.25) is 9.67 Å². The second-order valence-corrected chi connectivity index (χ2v) is 12.1. The first-order valence-corrected chi connectivity index (χ1v) is 15.8. The van der Waals surface area contributed by atoms with E-state index in [0.29, 0.717) is 28.7 Å². The van der Waals surface area contributed by atoms with Crippen LogP contribution < -0.4 is 15.2 Å². The van der Waals surface area contributed by atoms with Gasteiger partial charge in [-0.25, -0.2) is 0 Å². The Morgan fingerprint density at radius 3 is 2.60 bits per heavy atom. The average molecular weight is 629 g/mol. The highest BCUT2D eigenvalue weighted by atomic mass is 35.5. The summed E-state index contributed by atoms with van der Waals surface area (Å²) >= 11 is 6.60. The molecule has 0 aliphatic carbocycles. The van der Waals surface area contributed by atoms with Crippen LogP contribution in [0, 0.1) is 32.1 Å². The number of pyridine rings is 1. The molecule has 9 nitrogen and oxygen atoms in total. The number of hydrogen-bond donors (Lipinski definition) is 2. The zero-order valence-electron chi connectivity index (χ0n) is 26.2. The number of likely N-dealkylation sites (tertiary alicyclic amines) is 1. The highest BCUT2D eigenvalue weighted by molar-refractivity contribution is 6.32. The lowest BCUT2D eigenvalue weighted by atomic mass is 9.95. The lowest BCUT2D eigenvalue weighted by molar-refractivity contribution is 0.175. The van der Waals surface area contributed by atoms with Crippen molar-refractivity contribution >= 4 is 11.6 Å². The first-order chi connectivity index (χ1) is 21.8. The van der Waals surface area contributed by atoms with Gasteiger partial charge in [0.15, 0.2) is 0 Å².